The molecule has 16 nitrogen and oxygen atoms in total. The molecule has 5 N–H and O–H groups in total. The fraction of sp³-hybridized carbons (Fsp3) is 0.342. The van der Waals surface area contributed by atoms with Crippen molar-refractivity contribution in [3.63, 3.8) is 0 Å². The third-order valence-electron chi connectivity index (χ3n) is 10.2. The minimum Gasteiger partial charge on any atom is -0.480 e. The number of alkyl halides is 2. The van der Waals surface area contributed by atoms with Gasteiger partial charge in [0.25, 0.3) is 0 Å². The molecule has 2 fully saturated rings. The summed E-state index contributed by atoms with van der Waals surface area (Å²) in [5.41, 5.74) is 5.53. The Morgan fingerprint density at radius 3 is 2.30 bits per heavy atom. The molecule has 19 heteroatoms. The zero-order valence-electron chi connectivity index (χ0n) is 30.4. The van der Waals surface area contributed by atoms with Crippen molar-refractivity contribution < 1.29 is 56.4 Å². The van der Waals surface area contributed by atoms with Gasteiger partial charge in [0.05, 0.1) is 12.9 Å². The van der Waals surface area contributed by atoms with E-state index in [-0.39, 0.29) is 30.3 Å². The number of nitrogens with zero attached hydrogens (tertiary/aromatic N) is 4. The number of aromatic nitrogens is 4. The molecule has 3 aliphatic rings. The summed E-state index contributed by atoms with van der Waals surface area (Å²) >= 11 is 0. The number of carboxylic acids is 1. The van der Waals surface area contributed by atoms with Gasteiger partial charge in [-0.3, -0.25) is 9.13 Å². The molecular formula is C38H37F2N6O10P. The number of amides is 1. The van der Waals surface area contributed by atoms with E-state index in [0.717, 1.165) is 34.4 Å². The summed E-state index contributed by atoms with van der Waals surface area (Å²) in [6.45, 7) is 2.48. The van der Waals surface area contributed by atoms with Gasteiger partial charge in [0.1, 0.15) is 42.8 Å². The van der Waals surface area contributed by atoms with Gasteiger partial charge in [0.2, 0.25) is 0 Å². The van der Waals surface area contributed by atoms with Crippen LogP contribution in [-0.2, 0) is 44.9 Å². The summed E-state index contributed by atoms with van der Waals surface area (Å²) < 4.78 is 74.6. The SMILES string of the molecule is CC1(C)O[C@@H]2[C@H](O1)[C@@H](COP(=O)(O)C(F)(F)c1ccc(C[C@H](NC(=O)OCC3c4ccccc4-c4ccccc43)C(=O)O)cc1)O[C@H]2n1cnc2c(N)ncnc21. The van der Waals surface area contributed by atoms with Gasteiger partial charge in [-0.2, -0.15) is 8.78 Å². The van der Waals surface area contributed by atoms with Crippen molar-refractivity contribution in [2.75, 3.05) is 18.9 Å². The average molecular weight is 807 g/mol. The Kier molecular flexibility index (Phi) is 9.82. The number of carbonyl (C=O) groups is 2. The quantitative estimate of drug-likeness (QED) is 0.118. The third kappa shape index (κ3) is 7.13. The second-order valence-corrected chi connectivity index (χ2v) is 16.2. The maximum atomic E-state index is 15.7. The molecule has 6 atom stereocenters. The van der Waals surface area contributed by atoms with Crippen LogP contribution in [0.2, 0.25) is 0 Å². The first-order valence-electron chi connectivity index (χ1n) is 17.9. The molecule has 1 aliphatic carbocycles. The normalized spacial score (nSPS) is 22.7. The zero-order chi connectivity index (χ0) is 40.3. The van der Waals surface area contributed by atoms with Crippen LogP contribution in [0, 0.1) is 0 Å². The van der Waals surface area contributed by atoms with Crippen molar-refractivity contribution in [1.29, 1.82) is 0 Å². The number of aliphatic carboxylic acids is 1. The monoisotopic (exact) mass is 806 g/mol. The highest BCUT2D eigenvalue weighted by Gasteiger charge is 2.58. The largest absolute Gasteiger partial charge is 0.480 e. The van der Waals surface area contributed by atoms with Crippen LogP contribution in [-0.4, -0.2) is 84.9 Å². The van der Waals surface area contributed by atoms with E-state index in [2.05, 4.69) is 20.3 Å². The van der Waals surface area contributed by atoms with Gasteiger partial charge < -0.3 is 44.5 Å². The first kappa shape index (κ1) is 38.5. The number of anilines is 1. The van der Waals surface area contributed by atoms with E-state index in [4.69, 9.17) is 29.2 Å². The van der Waals surface area contributed by atoms with Gasteiger partial charge in [-0.25, -0.2) is 24.5 Å². The van der Waals surface area contributed by atoms with E-state index in [1.807, 2.05) is 48.5 Å². The van der Waals surface area contributed by atoms with Gasteiger partial charge in [-0.05, 0) is 41.7 Å². The molecule has 3 aromatic carbocycles. The van der Waals surface area contributed by atoms with Crippen molar-refractivity contribution in [3.05, 3.63) is 108 Å². The standard InChI is InChI=1S/C38H37F2N6O10P/c1-37(2)55-30-28(54-34(31(30)56-37)46-19-44-29-32(41)42-18-43-33(29)46)17-53-57(50,51)38(39,40)21-13-11-20(12-14-21)15-27(35(47)48)45-36(49)52-16-26-24-9-5-3-7-22(24)23-8-4-6-10-25(23)26/h3-14,18-19,26-28,30-31,34H,15-17H2,1-2H3,(H,45,49)(H,47,48)(H,50,51)(H2,41,42,43)/t27-,28+,30+,31+,34+/m0/s1. The van der Waals surface area contributed by atoms with E-state index in [1.54, 1.807) is 13.8 Å². The van der Waals surface area contributed by atoms with E-state index in [0.29, 0.717) is 11.2 Å². The number of fused-ring (bicyclic) bond motifs is 5. The predicted octanol–water partition coefficient (Wildman–Crippen LogP) is 5.31. The molecule has 0 radical (unpaired) electrons. The summed E-state index contributed by atoms with van der Waals surface area (Å²) in [5.74, 6) is -2.62. The molecule has 0 saturated carbocycles. The molecule has 2 aromatic heterocycles. The molecule has 2 saturated heterocycles. The summed E-state index contributed by atoms with van der Waals surface area (Å²) in [6.07, 6.45) is -2.39. The Balaban J connectivity index is 0.898. The Morgan fingerprint density at radius 1 is 0.982 bits per heavy atom. The minimum absolute atomic E-state index is 0.0422. The highest BCUT2D eigenvalue weighted by atomic mass is 31.2. The zero-order valence-corrected chi connectivity index (χ0v) is 31.3. The van der Waals surface area contributed by atoms with Crippen LogP contribution in [0.25, 0.3) is 22.3 Å². The Morgan fingerprint density at radius 2 is 1.63 bits per heavy atom. The van der Waals surface area contributed by atoms with Crippen LogP contribution in [0.15, 0.2) is 85.5 Å². The van der Waals surface area contributed by atoms with Crippen molar-refractivity contribution in [2.24, 2.45) is 0 Å². The Labute approximate surface area is 323 Å². The number of carboxylic acid groups (broad SMARTS) is 1. The average Bonchev–Trinajstić information content (AvgIpc) is 3.92. The topological polar surface area (TPSA) is 219 Å². The second-order valence-electron chi connectivity index (χ2n) is 14.3. The highest BCUT2D eigenvalue weighted by Crippen LogP contribution is 2.63. The van der Waals surface area contributed by atoms with Crippen LogP contribution < -0.4 is 11.1 Å². The van der Waals surface area contributed by atoms with E-state index < -0.39 is 73.9 Å². The number of ether oxygens (including phenoxy) is 4. The number of nitrogens with one attached hydrogen (secondary N) is 1. The highest BCUT2D eigenvalue weighted by molar-refractivity contribution is 7.53. The fourth-order valence-corrected chi connectivity index (χ4v) is 8.54. The van der Waals surface area contributed by atoms with Crippen molar-refractivity contribution >= 4 is 36.6 Å². The number of imidazole rings is 1. The molecule has 0 spiro atoms. The molecule has 8 rings (SSSR count). The maximum absolute atomic E-state index is 15.7. The fourth-order valence-electron chi connectivity index (χ4n) is 7.55. The van der Waals surface area contributed by atoms with Gasteiger partial charge in [-0.1, -0.05) is 72.8 Å². The second kappa shape index (κ2) is 14.5. The van der Waals surface area contributed by atoms with Gasteiger partial charge in [0, 0.05) is 17.9 Å². The molecule has 57 heavy (non-hydrogen) atoms. The lowest BCUT2D eigenvalue weighted by molar-refractivity contribution is -0.199. The van der Waals surface area contributed by atoms with E-state index in [9.17, 15) is 24.2 Å². The summed E-state index contributed by atoms with van der Waals surface area (Å²) in [5, 5.41) is 12.2. The number of hydrogen-bond donors (Lipinski definition) is 4. The molecular weight excluding hydrogens is 769 g/mol. The molecule has 298 valence electrons. The predicted molar refractivity (Wildman–Crippen MR) is 197 cm³/mol. The lowest BCUT2D eigenvalue weighted by Crippen LogP contribution is -2.42. The minimum atomic E-state index is -5.73. The molecule has 5 aromatic rings. The summed E-state index contributed by atoms with van der Waals surface area (Å²) in [6, 6.07) is 18.1. The van der Waals surface area contributed by atoms with Crippen LogP contribution in [0.1, 0.15) is 48.2 Å². The molecule has 2 aliphatic heterocycles. The lowest BCUT2D eigenvalue weighted by Gasteiger charge is -2.26. The van der Waals surface area contributed by atoms with Gasteiger partial charge in [0.15, 0.2) is 23.5 Å². The van der Waals surface area contributed by atoms with Crippen molar-refractivity contribution in [1.82, 2.24) is 24.8 Å². The number of carbonyl (C=O) groups excluding carboxylic acids is 1. The van der Waals surface area contributed by atoms with Gasteiger partial charge >= 0.3 is 25.3 Å². The van der Waals surface area contributed by atoms with Crippen LogP contribution in [0.4, 0.5) is 19.4 Å². The number of halogens is 2. The van der Waals surface area contributed by atoms with Crippen LogP contribution >= 0.6 is 7.60 Å². The molecule has 4 heterocycles. The van der Waals surface area contributed by atoms with Gasteiger partial charge in [-0.15, -0.1) is 0 Å². The molecule has 1 unspecified atom stereocenters. The van der Waals surface area contributed by atoms with Crippen LogP contribution in [0.3, 0.4) is 0 Å². The molecule has 0 bridgehead atoms. The number of nitrogen functional groups attached to an aromatic ring is 1. The van der Waals surface area contributed by atoms with E-state index in [1.165, 1.54) is 29.4 Å². The number of benzene rings is 3. The number of nitrogens with two attached hydrogens (primary N) is 1. The Bertz CT molecular complexity index is 2350. The number of hydrogen-bond acceptors (Lipinski definition) is 12. The maximum Gasteiger partial charge on any atom is 0.407 e. The Hall–Kier alpha value is -5.36. The van der Waals surface area contributed by atoms with E-state index >= 15 is 8.78 Å². The summed E-state index contributed by atoms with van der Waals surface area (Å²) in [7, 11) is -5.73. The summed E-state index contributed by atoms with van der Waals surface area (Å²) in [4.78, 5) is 47.9. The van der Waals surface area contributed by atoms with Crippen molar-refractivity contribution in [2.45, 2.75) is 68.2 Å². The number of rotatable bonds is 12. The number of alkyl carbamates (subject to hydrolysis) is 1. The van der Waals surface area contributed by atoms with Crippen molar-refractivity contribution in [3.8, 4) is 11.1 Å². The first-order valence-corrected chi connectivity index (χ1v) is 19.4. The van der Waals surface area contributed by atoms with Crippen LogP contribution in [0.5, 0.6) is 0 Å². The molecule has 1 amide bonds. The first-order chi connectivity index (χ1) is 27.1. The third-order valence-corrected chi connectivity index (χ3v) is 11.7. The smallest absolute Gasteiger partial charge is 0.407 e. The lowest BCUT2D eigenvalue weighted by atomic mass is 9.98.